The van der Waals surface area contributed by atoms with Crippen LogP contribution in [0.2, 0.25) is 0 Å². The maximum atomic E-state index is 11.8. The fourth-order valence-electron chi connectivity index (χ4n) is 1.81. The number of ketones is 1. The van der Waals surface area contributed by atoms with Crippen molar-refractivity contribution >= 4 is 23.0 Å². The van der Waals surface area contributed by atoms with Crippen molar-refractivity contribution in [1.82, 2.24) is 10.3 Å². The monoisotopic (exact) mass is 288 g/mol. The molecule has 0 saturated carbocycles. The van der Waals surface area contributed by atoms with Gasteiger partial charge in [-0.25, -0.2) is 0 Å². The van der Waals surface area contributed by atoms with E-state index in [9.17, 15) is 9.59 Å². The van der Waals surface area contributed by atoms with Crippen LogP contribution in [-0.4, -0.2) is 16.7 Å². The van der Waals surface area contributed by atoms with Gasteiger partial charge in [0, 0.05) is 19.0 Å². The number of rotatable bonds is 6. The molecule has 2 heterocycles. The summed E-state index contributed by atoms with van der Waals surface area (Å²) in [5, 5.41) is 4.70. The van der Waals surface area contributed by atoms with Crippen LogP contribution in [0.4, 0.5) is 0 Å². The number of hydrogen-bond acceptors (Lipinski definition) is 4. The van der Waals surface area contributed by atoms with Gasteiger partial charge in [-0.15, -0.1) is 11.3 Å². The molecule has 1 N–H and O–H groups in total. The Morgan fingerprint density at radius 1 is 1.25 bits per heavy atom. The molecule has 0 saturated heterocycles. The van der Waals surface area contributed by atoms with Crippen LogP contribution in [0.25, 0.3) is 0 Å². The lowest BCUT2D eigenvalue weighted by atomic mass is 10.1. The number of nitrogens with one attached hydrogen (secondary N) is 1. The van der Waals surface area contributed by atoms with Crippen LogP contribution in [0.3, 0.4) is 0 Å². The van der Waals surface area contributed by atoms with Crippen molar-refractivity contribution in [2.24, 2.45) is 0 Å². The number of nitrogens with zero attached hydrogens (tertiary/aromatic N) is 1. The number of Topliss-reactive ketones (excluding diaryl/α,β-unsaturated/α-hetero) is 1. The second kappa shape index (κ2) is 6.96. The molecule has 0 bridgehead atoms. The molecule has 0 spiro atoms. The number of thiophene rings is 1. The van der Waals surface area contributed by atoms with E-state index in [0.717, 1.165) is 5.69 Å². The first-order chi connectivity index (χ1) is 9.66. The fraction of sp³-hybridized carbons (Fsp3) is 0.267. The molecule has 1 amide bonds. The molecule has 5 heteroatoms. The van der Waals surface area contributed by atoms with Gasteiger partial charge in [0.15, 0.2) is 5.78 Å². The zero-order valence-corrected chi connectivity index (χ0v) is 12.0. The van der Waals surface area contributed by atoms with E-state index >= 15 is 0 Å². The van der Waals surface area contributed by atoms with Gasteiger partial charge in [0.1, 0.15) is 0 Å². The maximum Gasteiger partial charge on any atom is 0.220 e. The second-order valence-electron chi connectivity index (χ2n) is 4.44. The first-order valence-corrected chi connectivity index (χ1v) is 7.32. The Labute approximate surface area is 121 Å². The minimum atomic E-state index is -0.152. The lowest BCUT2D eigenvalue weighted by Crippen LogP contribution is -2.27. The van der Waals surface area contributed by atoms with Crippen LogP contribution in [0.5, 0.6) is 0 Å². The molecule has 1 unspecified atom stereocenters. The molecule has 1 atom stereocenters. The Morgan fingerprint density at radius 2 is 2.10 bits per heavy atom. The molecule has 2 rings (SSSR count). The van der Waals surface area contributed by atoms with Crippen molar-refractivity contribution in [3.05, 3.63) is 52.5 Å². The first-order valence-electron chi connectivity index (χ1n) is 6.44. The van der Waals surface area contributed by atoms with Crippen molar-refractivity contribution in [3.8, 4) is 0 Å². The number of amides is 1. The standard InChI is InChI=1S/C15H16N2O2S/c1-11(12-5-2-3-9-16-12)17-15(19)8-7-13(18)14-6-4-10-20-14/h2-6,9-11H,7-8H2,1H3,(H,17,19). The molecule has 2 aromatic heterocycles. The molecule has 0 radical (unpaired) electrons. The highest BCUT2D eigenvalue weighted by molar-refractivity contribution is 7.12. The smallest absolute Gasteiger partial charge is 0.220 e. The van der Waals surface area contributed by atoms with Gasteiger partial charge in [-0.05, 0) is 30.5 Å². The number of hydrogen-bond donors (Lipinski definition) is 1. The van der Waals surface area contributed by atoms with E-state index in [0.29, 0.717) is 4.88 Å². The van der Waals surface area contributed by atoms with Crippen LogP contribution in [0, 0.1) is 0 Å². The van der Waals surface area contributed by atoms with E-state index in [2.05, 4.69) is 10.3 Å². The summed E-state index contributed by atoms with van der Waals surface area (Å²) in [6, 6.07) is 9.04. The van der Waals surface area contributed by atoms with E-state index in [1.54, 1.807) is 12.3 Å². The van der Waals surface area contributed by atoms with Crippen molar-refractivity contribution in [2.45, 2.75) is 25.8 Å². The number of aromatic nitrogens is 1. The van der Waals surface area contributed by atoms with Gasteiger partial charge in [-0.1, -0.05) is 12.1 Å². The second-order valence-corrected chi connectivity index (χ2v) is 5.39. The van der Waals surface area contributed by atoms with Crippen LogP contribution >= 0.6 is 11.3 Å². The summed E-state index contributed by atoms with van der Waals surface area (Å²) in [6.07, 6.45) is 2.13. The van der Waals surface area contributed by atoms with Crippen molar-refractivity contribution in [3.63, 3.8) is 0 Å². The molecule has 2 aromatic rings. The lowest BCUT2D eigenvalue weighted by Gasteiger charge is -2.12. The number of carbonyl (C=O) groups excluding carboxylic acids is 2. The Kier molecular flexibility index (Phi) is 5.01. The summed E-state index contributed by atoms with van der Waals surface area (Å²) >= 11 is 1.40. The van der Waals surface area contributed by atoms with Crippen molar-refractivity contribution in [1.29, 1.82) is 0 Å². The third kappa shape index (κ3) is 3.99. The Morgan fingerprint density at radius 3 is 2.75 bits per heavy atom. The SMILES string of the molecule is CC(NC(=O)CCC(=O)c1cccs1)c1ccccn1. The number of pyridine rings is 1. The average molecular weight is 288 g/mol. The minimum Gasteiger partial charge on any atom is -0.348 e. The molecule has 0 aliphatic carbocycles. The van der Waals surface area contributed by atoms with E-state index in [4.69, 9.17) is 0 Å². The quantitative estimate of drug-likeness (QED) is 0.831. The first kappa shape index (κ1) is 14.4. The highest BCUT2D eigenvalue weighted by Crippen LogP contribution is 2.13. The molecule has 0 fully saturated rings. The Bertz CT molecular complexity index is 567. The van der Waals surface area contributed by atoms with Gasteiger partial charge in [0.2, 0.25) is 5.91 Å². The highest BCUT2D eigenvalue weighted by atomic mass is 32.1. The van der Waals surface area contributed by atoms with Gasteiger partial charge in [0.25, 0.3) is 0 Å². The predicted molar refractivity (Wildman–Crippen MR) is 78.7 cm³/mol. The van der Waals surface area contributed by atoms with Crippen LogP contribution in [0.1, 0.15) is 41.2 Å². The summed E-state index contributed by atoms with van der Waals surface area (Å²) in [7, 11) is 0. The Hall–Kier alpha value is -2.01. The van der Waals surface area contributed by atoms with E-state index in [-0.39, 0.29) is 30.6 Å². The predicted octanol–water partition coefficient (Wildman–Crippen LogP) is 2.98. The minimum absolute atomic E-state index is 0.0145. The van der Waals surface area contributed by atoms with Crippen LogP contribution in [-0.2, 0) is 4.79 Å². The largest absolute Gasteiger partial charge is 0.348 e. The van der Waals surface area contributed by atoms with Crippen molar-refractivity contribution < 1.29 is 9.59 Å². The number of carbonyl (C=O) groups is 2. The zero-order valence-electron chi connectivity index (χ0n) is 11.2. The summed E-state index contributed by atoms with van der Waals surface area (Å²) in [6.45, 7) is 1.88. The Balaban J connectivity index is 1.80. The molecule has 20 heavy (non-hydrogen) atoms. The normalized spacial score (nSPS) is 11.8. The van der Waals surface area contributed by atoms with Gasteiger partial charge in [0.05, 0.1) is 16.6 Å². The molecule has 0 aromatic carbocycles. The van der Waals surface area contributed by atoms with Gasteiger partial charge in [-0.3, -0.25) is 14.6 Å². The van der Waals surface area contributed by atoms with Crippen LogP contribution in [0.15, 0.2) is 41.9 Å². The fourth-order valence-corrected chi connectivity index (χ4v) is 2.50. The molecule has 0 aliphatic rings. The summed E-state index contributed by atoms with van der Waals surface area (Å²) in [4.78, 5) is 28.5. The molecule has 0 aliphatic heterocycles. The maximum absolute atomic E-state index is 11.8. The molecular formula is C15H16N2O2S. The highest BCUT2D eigenvalue weighted by Gasteiger charge is 2.13. The summed E-state index contributed by atoms with van der Waals surface area (Å²) in [5.41, 5.74) is 0.811. The van der Waals surface area contributed by atoms with Gasteiger partial charge in [-0.2, -0.15) is 0 Å². The molecular weight excluding hydrogens is 272 g/mol. The van der Waals surface area contributed by atoms with Gasteiger partial charge >= 0.3 is 0 Å². The third-order valence-corrected chi connectivity index (χ3v) is 3.79. The van der Waals surface area contributed by atoms with E-state index in [1.807, 2.05) is 36.6 Å². The molecule has 104 valence electrons. The van der Waals surface area contributed by atoms with E-state index in [1.165, 1.54) is 11.3 Å². The summed E-state index contributed by atoms with van der Waals surface area (Å²) < 4.78 is 0. The summed E-state index contributed by atoms with van der Waals surface area (Å²) in [5.74, 6) is -0.117. The third-order valence-electron chi connectivity index (χ3n) is 2.88. The van der Waals surface area contributed by atoms with Gasteiger partial charge < -0.3 is 5.32 Å². The lowest BCUT2D eigenvalue weighted by molar-refractivity contribution is -0.121. The zero-order chi connectivity index (χ0) is 14.4. The van der Waals surface area contributed by atoms with E-state index < -0.39 is 0 Å². The topological polar surface area (TPSA) is 59.1 Å². The average Bonchev–Trinajstić information content (AvgIpc) is 3.00. The molecule has 4 nitrogen and oxygen atoms in total. The van der Waals surface area contributed by atoms with Crippen molar-refractivity contribution in [2.75, 3.05) is 0 Å². The van der Waals surface area contributed by atoms with Crippen LogP contribution < -0.4 is 5.32 Å².